The number of hydrogen-bond donors (Lipinski definition) is 0. The second-order valence-corrected chi connectivity index (χ2v) is 5.89. The number of imide groups is 1. The molecule has 1 aromatic carbocycles. The molecule has 2 amide bonds. The average molecular weight is 316 g/mol. The largest absolute Gasteiger partial charge is 0.466 e. The number of amides is 2. The lowest BCUT2D eigenvalue weighted by molar-refractivity contribution is -0.150. The SMILES string of the molecule is CCOC(=O)[C@@H]1CCCN(CN2C(=O)c3ccccc3C2=O)C1. The molecule has 6 heteroatoms. The van der Waals surface area contributed by atoms with Gasteiger partial charge in [0.2, 0.25) is 0 Å². The van der Waals surface area contributed by atoms with Crippen LogP contribution in [-0.2, 0) is 9.53 Å². The molecule has 2 aliphatic heterocycles. The summed E-state index contributed by atoms with van der Waals surface area (Å²) in [6, 6.07) is 6.86. The summed E-state index contributed by atoms with van der Waals surface area (Å²) in [4.78, 5) is 39.9. The number of rotatable bonds is 4. The van der Waals surface area contributed by atoms with Crippen LogP contribution in [0.1, 0.15) is 40.5 Å². The Morgan fingerprint density at radius 2 is 1.87 bits per heavy atom. The van der Waals surface area contributed by atoms with Crippen LogP contribution in [0, 0.1) is 5.92 Å². The van der Waals surface area contributed by atoms with Crippen LogP contribution in [0.5, 0.6) is 0 Å². The zero-order valence-corrected chi connectivity index (χ0v) is 13.2. The maximum Gasteiger partial charge on any atom is 0.310 e. The molecule has 1 aromatic rings. The van der Waals surface area contributed by atoms with E-state index < -0.39 is 0 Å². The van der Waals surface area contributed by atoms with Crippen LogP contribution < -0.4 is 0 Å². The van der Waals surface area contributed by atoms with Crippen LogP contribution in [0.25, 0.3) is 0 Å². The van der Waals surface area contributed by atoms with Crippen LogP contribution in [-0.4, -0.2) is 53.9 Å². The first-order chi connectivity index (χ1) is 11.1. The summed E-state index contributed by atoms with van der Waals surface area (Å²) >= 11 is 0. The van der Waals surface area contributed by atoms with Crippen LogP contribution in [0.3, 0.4) is 0 Å². The number of benzene rings is 1. The fourth-order valence-electron chi connectivity index (χ4n) is 3.20. The Kier molecular flexibility index (Phi) is 4.43. The highest BCUT2D eigenvalue weighted by Crippen LogP contribution is 2.24. The molecule has 6 nitrogen and oxygen atoms in total. The number of fused-ring (bicyclic) bond motifs is 1. The summed E-state index contributed by atoms with van der Waals surface area (Å²) in [5.74, 6) is -0.897. The van der Waals surface area contributed by atoms with Gasteiger partial charge in [-0.15, -0.1) is 0 Å². The molecular weight excluding hydrogens is 296 g/mol. The summed E-state index contributed by atoms with van der Waals surface area (Å²) in [6.45, 7) is 3.67. The van der Waals surface area contributed by atoms with Crippen LogP contribution in [0.4, 0.5) is 0 Å². The molecule has 0 aliphatic carbocycles. The van der Waals surface area contributed by atoms with Gasteiger partial charge < -0.3 is 4.74 Å². The third kappa shape index (κ3) is 2.99. The molecule has 122 valence electrons. The van der Waals surface area contributed by atoms with Crippen molar-refractivity contribution in [2.45, 2.75) is 19.8 Å². The molecule has 3 rings (SSSR count). The third-order valence-corrected chi connectivity index (χ3v) is 4.35. The van der Waals surface area contributed by atoms with Crippen molar-refractivity contribution < 1.29 is 19.1 Å². The summed E-state index contributed by atoms with van der Waals surface area (Å²) in [5, 5.41) is 0. The number of esters is 1. The first-order valence-electron chi connectivity index (χ1n) is 7.96. The highest BCUT2D eigenvalue weighted by molar-refractivity contribution is 6.21. The standard InChI is InChI=1S/C17H20N2O4/c1-2-23-17(22)12-6-5-9-18(10-12)11-19-15(20)13-7-3-4-8-14(13)16(19)21/h3-4,7-8,12H,2,5-6,9-11H2,1H3/t12-/m1/s1. The van der Waals surface area contributed by atoms with Gasteiger partial charge in [-0.25, -0.2) is 0 Å². The summed E-state index contributed by atoms with van der Waals surface area (Å²) in [6.07, 6.45) is 1.64. The maximum absolute atomic E-state index is 12.4. The van der Waals surface area contributed by atoms with E-state index in [1.165, 1.54) is 4.90 Å². The minimum atomic E-state index is -0.260. The Labute approximate surface area is 135 Å². The van der Waals surface area contributed by atoms with Gasteiger partial charge in [0.25, 0.3) is 11.8 Å². The average Bonchev–Trinajstić information content (AvgIpc) is 2.81. The van der Waals surface area contributed by atoms with Crippen LogP contribution in [0.2, 0.25) is 0 Å². The molecule has 2 heterocycles. The number of carbonyl (C=O) groups excluding carboxylic acids is 3. The van der Waals surface area contributed by atoms with Crippen molar-refractivity contribution in [1.29, 1.82) is 0 Å². The van der Waals surface area contributed by atoms with E-state index in [0.717, 1.165) is 19.4 Å². The predicted molar refractivity (Wildman–Crippen MR) is 82.7 cm³/mol. The highest BCUT2D eigenvalue weighted by atomic mass is 16.5. The van der Waals surface area contributed by atoms with E-state index in [1.54, 1.807) is 31.2 Å². The fourth-order valence-corrected chi connectivity index (χ4v) is 3.20. The smallest absolute Gasteiger partial charge is 0.310 e. The van der Waals surface area contributed by atoms with E-state index in [1.807, 2.05) is 4.90 Å². The Hall–Kier alpha value is -2.21. The van der Waals surface area contributed by atoms with Crippen molar-refractivity contribution >= 4 is 17.8 Å². The molecule has 0 saturated carbocycles. The van der Waals surface area contributed by atoms with Gasteiger partial charge in [-0.3, -0.25) is 24.2 Å². The Bertz CT molecular complexity index is 608. The van der Waals surface area contributed by atoms with Gasteiger partial charge in [0.15, 0.2) is 0 Å². The fraction of sp³-hybridized carbons (Fsp3) is 0.471. The normalized spacial score (nSPS) is 21.4. The van der Waals surface area contributed by atoms with Gasteiger partial charge in [0, 0.05) is 6.54 Å². The minimum absolute atomic E-state index is 0.182. The molecule has 0 spiro atoms. The van der Waals surface area contributed by atoms with Crippen molar-refractivity contribution in [1.82, 2.24) is 9.80 Å². The van der Waals surface area contributed by atoms with E-state index in [0.29, 0.717) is 24.3 Å². The molecule has 1 fully saturated rings. The second kappa shape index (κ2) is 6.50. The van der Waals surface area contributed by atoms with Crippen LogP contribution in [0.15, 0.2) is 24.3 Å². The molecule has 23 heavy (non-hydrogen) atoms. The number of piperidine rings is 1. The minimum Gasteiger partial charge on any atom is -0.466 e. The van der Waals surface area contributed by atoms with E-state index in [4.69, 9.17) is 4.74 Å². The van der Waals surface area contributed by atoms with Gasteiger partial charge in [-0.2, -0.15) is 0 Å². The summed E-state index contributed by atoms with van der Waals surface area (Å²) < 4.78 is 5.08. The summed E-state index contributed by atoms with van der Waals surface area (Å²) in [7, 11) is 0. The van der Waals surface area contributed by atoms with Crippen molar-refractivity contribution in [3.05, 3.63) is 35.4 Å². The van der Waals surface area contributed by atoms with Gasteiger partial charge >= 0.3 is 5.97 Å². The molecule has 0 unspecified atom stereocenters. The molecule has 0 aromatic heterocycles. The topological polar surface area (TPSA) is 66.9 Å². The van der Waals surface area contributed by atoms with E-state index in [-0.39, 0.29) is 30.4 Å². The van der Waals surface area contributed by atoms with Gasteiger partial charge in [-0.05, 0) is 38.4 Å². The maximum atomic E-state index is 12.4. The Morgan fingerprint density at radius 3 is 2.48 bits per heavy atom. The van der Waals surface area contributed by atoms with E-state index in [9.17, 15) is 14.4 Å². The van der Waals surface area contributed by atoms with Crippen molar-refractivity contribution in [3.63, 3.8) is 0 Å². The number of likely N-dealkylation sites (tertiary alicyclic amines) is 1. The van der Waals surface area contributed by atoms with Gasteiger partial charge in [0.05, 0.1) is 30.3 Å². The second-order valence-electron chi connectivity index (χ2n) is 5.89. The molecule has 2 aliphatic rings. The molecular formula is C17H20N2O4. The Morgan fingerprint density at radius 1 is 1.22 bits per heavy atom. The Balaban J connectivity index is 1.67. The molecule has 0 N–H and O–H groups in total. The first-order valence-corrected chi connectivity index (χ1v) is 7.96. The lowest BCUT2D eigenvalue weighted by Crippen LogP contribution is -2.47. The molecule has 1 atom stereocenters. The van der Waals surface area contributed by atoms with Gasteiger partial charge in [-0.1, -0.05) is 12.1 Å². The lowest BCUT2D eigenvalue weighted by atomic mass is 9.98. The first kappa shape index (κ1) is 15.7. The number of hydrogen-bond acceptors (Lipinski definition) is 5. The van der Waals surface area contributed by atoms with E-state index >= 15 is 0 Å². The quantitative estimate of drug-likeness (QED) is 0.622. The molecule has 0 bridgehead atoms. The zero-order chi connectivity index (χ0) is 16.4. The van der Waals surface area contributed by atoms with E-state index in [2.05, 4.69) is 0 Å². The number of carbonyl (C=O) groups is 3. The van der Waals surface area contributed by atoms with Crippen molar-refractivity contribution in [3.8, 4) is 0 Å². The predicted octanol–water partition coefficient (Wildman–Crippen LogP) is 1.52. The third-order valence-electron chi connectivity index (χ3n) is 4.35. The number of nitrogens with zero attached hydrogens (tertiary/aromatic N) is 2. The summed E-state index contributed by atoms with van der Waals surface area (Å²) in [5.41, 5.74) is 0.910. The zero-order valence-electron chi connectivity index (χ0n) is 13.2. The van der Waals surface area contributed by atoms with Crippen LogP contribution >= 0.6 is 0 Å². The highest BCUT2D eigenvalue weighted by Gasteiger charge is 2.37. The van der Waals surface area contributed by atoms with Crippen molar-refractivity contribution in [2.24, 2.45) is 5.92 Å². The molecule has 1 saturated heterocycles. The van der Waals surface area contributed by atoms with Gasteiger partial charge in [0.1, 0.15) is 0 Å². The molecule has 0 radical (unpaired) electrons. The number of ether oxygens (including phenoxy) is 1. The lowest BCUT2D eigenvalue weighted by Gasteiger charge is -2.33. The monoisotopic (exact) mass is 316 g/mol. The van der Waals surface area contributed by atoms with Crippen molar-refractivity contribution in [2.75, 3.05) is 26.4 Å².